The fourth-order valence-corrected chi connectivity index (χ4v) is 5.48. The number of ether oxygens (including phenoxy) is 1. The molecule has 1 heterocycles. The largest absolute Gasteiger partial charge is 0.490 e. The maximum absolute atomic E-state index is 12.9. The van der Waals surface area contributed by atoms with E-state index < -0.39 is 10.0 Å². The van der Waals surface area contributed by atoms with Gasteiger partial charge >= 0.3 is 0 Å². The van der Waals surface area contributed by atoms with Crippen molar-refractivity contribution in [2.24, 2.45) is 5.92 Å². The van der Waals surface area contributed by atoms with Gasteiger partial charge in [-0.1, -0.05) is 0 Å². The number of rotatable bonds is 5. The van der Waals surface area contributed by atoms with E-state index in [1.807, 2.05) is 13.0 Å². The third-order valence-electron chi connectivity index (χ3n) is 5.11. The van der Waals surface area contributed by atoms with Gasteiger partial charge in [-0.25, -0.2) is 8.42 Å². The van der Waals surface area contributed by atoms with Crippen LogP contribution < -0.4 is 4.74 Å². The number of sulfonamides is 1. The molecule has 0 radical (unpaired) electrons. The van der Waals surface area contributed by atoms with Gasteiger partial charge in [-0.3, -0.25) is 0 Å². The molecule has 1 saturated heterocycles. The van der Waals surface area contributed by atoms with Crippen molar-refractivity contribution in [1.29, 1.82) is 0 Å². The fraction of sp³-hybridized carbons (Fsp3) is 0.667. The summed E-state index contributed by atoms with van der Waals surface area (Å²) in [5.41, 5.74) is 0.719. The molecule has 3 rings (SSSR count). The highest BCUT2D eigenvalue weighted by Crippen LogP contribution is 2.29. The first-order valence-electron chi connectivity index (χ1n) is 8.89. The minimum Gasteiger partial charge on any atom is -0.490 e. The smallest absolute Gasteiger partial charge is 0.243 e. The van der Waals surface area contributed by atoms with Crippen LogP contribution in [0.1, 0.15) is 44.1 Å². The molecular weight excluding hydrogens is 326 g/mol. The van der Waals surface area contributed by atoms with E-state index in [0.717, 1.165) is 37.0 Å². The van der Waals surface area contributed by atoms with Gasteiger partial charge in [-0.05, 0) is 75.1 Å². The predicted octanol–water partition coefficient (Wildman–Crippen LogP) is 2.71. The van der Waals surface area contributed by atoms with Crippen molar-refractivity contribution >= 4 is 10.0 Å². The number of aliphatic hydroxyl groups is 1. The zero-order chi connectivity index (χ0) is 17.2. The molecule has 2 fully saturated rings. The van der Waals surface area contributed by atoms with Gasteiger partial charge in [0.25, 0.3) is 0 Å². The van der Waals surface area contributed by atoms with Crippen LogP contribution in [-0.2, 0) is 10.0 Å². The molecule has 134 valence electrons. The highest BCUT2D eigenvalue weighted by molar-refractivity contribution is 7.89. The molecule has 2 aliphatic rings. The summed E-state index contributed by atoms with van der Waals surface area (Å²) in [5.74, 6) is 0.795. The summed E-state index contributed by atoms with van der Waals surface area (Å²) >= 11 is 0. The van der Waals surface area contributed by atoms with Crippen molar-refractivity contribution in [2.45, 2.75) is 56.4 Å². The molecule has 1 N–H and O–H groups in total. The Labute approximate surface area is 144 Å². The van der Waals surface area contributed by atoms with E-state index in [1.54, 1.807) is 12.1 Å². The third kappa shape index (κ3) is 3.76. The Morgan fingerprint density at radius 3 is 2.62 bits per heavy atom. The van der Waals surface area contributed by atoms with Crippen LogP contribution in [0.5, 0.6) is 5.75 Å². The summed E-state index contributed by atoms with van der Waals surface area (Å²) in [4.78, 5) is 0.347. The van der Waals surface area contributed by atoms with E-state index in [-0.39, 0.29) is 18.6 Å². The Hall–Kier alpha value is -1.11. The molecule has 0 spiro atoms. The average Bonchev–Trinajstić information content (AvgIpc) is 3.07. The first kappa shape index (κ1) is 17.7. The van der Waals surface area contributed by atoms with Gasteiger partial charge in [0.1, 0.15) is 5.75 Å². The predicted molar refractivity (Wildman–Crippen MR) is 92.6 cm³/mol. The maximum atomic E-state index is 12.9. The van der Waals surface area contributed by atoms with Crippen LogP contribution in [0.25, 0.3) is 0 Å². The van der Waals surface area contributed by atoms with Crippen molar-refractivity contribution in [3.63, 3.8) is 0 Å². The van der Waals surface area contributed by atoms with Gasteiger partial charge in [0.05, 0.1) is 11.0 Å². The molecule has 1 aliphatic carbocycles. The lowest BCUT2D eigenvalue weighted by Gasteiger charge is -2.31. The number of hydrogen-bond acceptors (Lipinski definition) is 4. The van der Waals surface area contributed by atoms with Crippen molar-refractivity contribution in [3.8, 4) is 5.75 Å². The lowest BCUT2D eigenvalue weighted by molar-refractivity contribution is 0.165. The topological polar surface area (TPSA) is 66.8 Å². The lowest BCUT2D eigenvalue weighted by Crippen LogP contribution is -2.41. The summed E-state index contributed by atoms with van der Waals surface area (Å²) < 4.78 is 33.3. The SMILES string of the molecule is Cc1cc(OC2CCCC2)ccc1S(=O)(=O)N1CCCC(CO)C1. The number of hydrogen-bond donors (Lipinski definition) is 1. The second-order valence-electron chi connectivity index (χ2n) is 7.01. The molecule has 1 aromatic carbocycles. The minimum atomic E-state index is -3.51. The van der Waals surface area contributed by atoms with Gasteiger partial charge < -0.3 is 9.84 Å². The van der Waals surface area contributed by atoms with E-state index in [0.29, 0.717) is 18.0 Å². The standard InChI is InChI=1S/C18H27NO4S/c1-14-11-17(23-16-6-2-3-7-16)8-9-18(14)24(21,22)19-10-4-5-15(12-19)13-20/h8-9,11,15-16,20H,2-7,10,12-13H2,1H3. The van der Waals surface area contributed by atoms with E-state index in [1.165, 1.54) is 17.1 Å². The molecule has 24 heavy (non-hydrogen) atoms. The Bertz CT molecular complexity index is 668. The molecule has 1 saturated carbocycles. The quantitative estimate of drug-likeness (QED) is 0.884. The number of aryl methyl sites for hydroxylation is 1. The van der Waals surface area contributed by atoms with Crippen molar-refractivity contribution in [1.82, 2.24) is 4.31 Å². The molecule has 1 aromatic rings. The van der Waals surface area contributed by atoms with Crippen LogP contribution in [0, 0.1) is 12.8 Å². The van der Waals surface area contributed by atoms with Crippen molar-refractivity contribution in [2.75, 3.05) is 19.7 Å². The molecular formula is C18H27NO4S. The summed E-state index contributed by atoms with van der Waals surface area (Å²) in [5, 5.41) is 9.33. The van der Waals surface area contributed by atoms with Crippen LogP contribution in [-0.4, -0.2) is 43.6 Å². The zero-order valence-electron chi connectivity index (χ0n) is 14.3. The molecule has 1 aliphatic heterocycles. The van der Waals surface area contributed by atoms with Crippen LogP contribution in [0.2, 0.25) is 0 Å². The van der Waals surface area contributed by atoms with Gasteiger partial charge in [-0.15, -0.1) is 0 Å². The highest BCUT2D eigenvalue weighted by Gasteiger charge is 2.31. The van der Waals surface area contributed by atoms with Crippen molar-refractivity contribution in [3.05, 3.63) is 23.8 Å². The summed E-state index contributed by atoms with van der Waals surface area (Å²) in [6, 6.07) is 5.27. The van der Waals surface area contributed by atoms with Crippen LogP contribution >= 0.6 is 0 Å². The number of piperidine rings is 1. The second kappa shape index (κ2) is 7.42. The van der Waals surface area contributed by atoms with E-state index in [4.69, 9.17) is 4.74 Å². The Morgan fingerprint density at radius 2 is 1.96 bits per heavy atom. The minimum absolute atomic E-state index is 0.0406. The van der Waals surface area contributed by atoms with Gasteiger partial charge in [0.2, 0.25) is 10.0 Å². The lowest BCUT2D eigenvalue weighted by atomic mass is 10.0. The van der Waals surface area contributed by atoms with Crippen LogP contribution in [0.15, 0.2) is 23.1 Å². The van der Waals surface area contributed by atoms with Gasteiger partial charge in [0.15, 0.2) is 0 Å². The zero-order valence-corrected chi connectivity index (χ0v) is 15.1. The highest BCUT2D eigenvalue weighted by atomic mass is 32.2. The van der Waals surface area contributed by atoms with Gasteiger partial charge in [-0.2, -0.15) is 4.31 Å². The molecule has 0 amide bonds. The average molecular weight is 353 g/mol. The molecule has 0 aromatic heterocycles. The summed E-state index contributed by atoms with van der Waals surface area (Å²) in [6.07, 6.45) is 6.51. The summed E-state index contributed by atoms with van der Waals surface area (Å²) in [7, 11) is -3.51. The molecule has 1 unspecified atom stereocenters. The fourth-order valence-electron chi connectivity index (χ4n) is 3.72. The Morgan fingerprint density at radius 1 is 1.21 bits per heavy atom. The van der Waals surface area contributed by atoms with Crippen molar-refractivity contribution < 1.29 is 18.3 Å². The first-order chi connectivity index (χ1) is 11.5. The second-order valence-corrected chi connectivity index (χ2v) is 8.91. The van der Waals surface area contributed by atoms with E-state index in [9.17, 15) is 13.5 Å². The Kier molecular flexibility index (Phi) is 5.47. The monoisotopic (exact) mass is 353 g/mol. The number of nitrogens with zero attached hydrogens (tertiary/aromatic N) is 1. The Balaban J connectivity index is 1.77. The third-order valence-corrected chi connectivity index (χ3v) is 7.13. The summed E-state index contributed by atoms with van der Waals surface area (Å²) in [6.45, 7) is 2.79. The molecule has 5 nitrogen and oxygen atoms in total. The molecule has 6 heteroatoms. The van der Waals surface area contributed by atoms with Crippen LogP contribution in [0.4, 0.5) is 0 Å². The molecule has 1 atom stereocenters. The van der Waals surface area contributed by atoms with E-state index >= 15 is 0 Å². The van der Waals surface area contributed by atoms with Crippen LogP contribution in [0.3, 0.4) is 0 Å². The van der Waals surface area contributed by atoms with E-state index in [2.05, 4.69) is 0 Å². The van der Waals surface area contributed by atoms with Gasteiger partial charge in [0, 0.05) is 19.7 Å². The molecule has 0 bridgehead atoms. The number of benzene rings is 1. The normalized spacial score (nSPS) is 23.5. The first-order valence-corrected chi connectivity index (χ1v) is 10.3. The maximum Gasteiger partial charge on any atom is 0.243 e. The number of aliphatic hydroxyl groups excluding tert-OH is 1.